The molecule has 0 saturated heterocycles. The maximum atomic E-state index is 11.6. The van der Waals surface area contributed by atoms with E-state index >= 15 is 0 Å². The normalized spacial score (nSPS) is 11.5. The van der Waals surface area contributed by atoms with Crippen LogP contribution >= 0.6 is 0 Å². The second-order valence-electron chi connectivity index (χ2n) is 2.85. The standard InChI is InChI=1S/C7H8N4O3S/c1-5-4-6(10-14-5)11-15(12,13)7-2-3-8-9-7/h2-4H,1H3,(H,8,9)(H,10,11). The molecular weight excluding hydrogens is 220 g/mol. The Morgan fingerprint density at radius 3 is 2.87 bits per heavy atom. The van der Waals surface area contributed by atoms with Gasteiger partial charge in [0.05, 0.1) is 6.20 Å². The summed E-state index contributed by atoms with van der Waals surface area (Å²) in [7, 11) is -3.65. The fourth-order valence-corrected chi connectivity index (χ4v) is 1.89. The molecule has 2 aromatic heterocycles. The van der Waals surface area contributed by atoms with Gasteiger partial charge in [0.1, 0.15) is 5.76 Å². The molecule has 15 heavy (non-hydrogen) atoms. The van der Waals surface area contributed by atoms with Gasteiger partial charge in [-0.1, -0.05) is 5.16 Å². The van der Waals surface area contributed by atoms with Gasteiger partial charge in [-0.15, -0.1) is 0 Å². The van der Waals surface area contributed by atoms with Crippen molar-refractivity contribution in [1.29, 1.82) is 0 Å². The third-order valence-corrected chi connectivity index (χ3v) is 2.92. The molecule has 0 spiro atoms. The number of nitrogens with one attached hydrogen (secondary N) is 2. The topological polar surface area (TPSA) is 101 Å². The average molecular weight is 228 g/mol. The first kappa shape index (κ1) is 9.71. The second kappa shape index (κ2) is 3.39. The summed E-state index contributed by atoms with van der Waals surface area (Å²) in [6.45, 7) is 1.67. The van der Waals surface area contributed by atoms with Gasteiger partial charge < -0.3 is 4.52 Å². The predicted octanol–water partition coefficient (Wildman–Crippen LogP) is 0.507. The molecule has 7 nitrogen and oxygen atoms in total. The summed E-state index contributed by atoms with van der Waals surface area (Å²) in [6.07, 6.45) is 1.35. The molecule has 0 bridgehead atoms. The van der Waals surface area contributed by atoms with E-state index in [4.69, 9.17) is 4.52 Å². The third kappa shape index (κ3) is 1.99. The van der Waals surface area contributed by atoms with E-state index in [-0.39, 0.29) is 10.8 Å². The summed E-state index contributed by atoms with van der Waals surface area (Å²) in [6, 6.07) is 2.82. The lowest BCUT2D eigenvalue weighted by Gasteiger charge is -2.00. The van der Waals surface area contributed by atoms with Gasteiger partial charge in [-0.2, -0.15) is 13.5 Å². The van der Waals surface area contributed by atoms with E-state index in [2.05, 4.69) is 20.1 Å². The molecule has 80 valence electrons. The number of nitrogens with zero attached hydrogens (tertiary/aromatic N) is 2. The highest BCUT2D eigenvalue weighted by molar-refractivity contribution is 7.92. The molecule has 0 fully saturated rings. The Kier molecular flexibility index (Phi) is 2.19. The molecule has 0 aliphatic carbocycles. The van der Waals surface area contributed by atoms with Crippen molar-refractivity contribution in [3.63, 3.8) is 0 Å². The maximum Gasteiger partial charge on any atom is 0.280 e. The summed E-state index contributed by atoms with van der Waals surface area (Å²) in [5.74, 6) is 0.666. The third-order valence-electron chi connectivity index (χ3n) is 1.63. The molecule has 8 heteroatoms. The van der Waals surface area contributed by atoms with Gasteiger partial charge >= 0.3 is 0 Å². The Morgan fingerprint density at radius 1 is 1.53 bits per heavy atom. The minimum atomic E-state index is -3.65. The molecule has 0 radical (unpaired) electrons. The number of rotatable bonds is 3. The van der Waals surface area contributed by atoms with Crippen molar-refractivity contribution in [2.75, 3.05) is 4.72 Å². The Morgan fingerprint density at radius 2 is 2.33 bits per heavy atom. The molecule has 0 saturated carbocycles. The number of aromatic nitrogens is 3. The molecule has 0 aliphatic rings. The summed E-state index contributed by atoms with van der Waals surface area (Å²) in [5.41, 5.74) is 0. The van der Waals surface area contributed by atoms with Gasteiger partial charge in [0, 0.05) is 6.07 Å². The summed E-state index contributed by atoms with van der Waals surface area (Å²) in [5, 5.41) is 9.38. The van der Waals surface area contributed by atoms with E-state index in [1.54, 1.807) is 6.92 Å². The summed E-state index contributed by atoms with van der Waals surface area (Å²) < 4.78 is 30.2. The summed E-state index contributed by atoms with van der Waals surface area (Å²) in [4.78, 5) is 0. The molecule has 2 rings (SSSR count). The van der Waals surface area contributed by atoms with Crippen LogP contribution in [-0.2, 0) is 10.0 Å². The van der Waals surface area contributed by atoms with Crippen LogP contribution in [0.5, 0.6) is 0 Å². The van der Waals surface area contributed by atoms with Crippen molar-refractivity contribution in [3.05, 3.63) is 24.1 Å². The number of aryl methyl sites for hydroxylation is 1. The van der Waals surface area contributed by atoms with E-state index in [0.29, 0.717) is 5.76 Å². The van der Waals surface area contributed by atoms with Crippen LogP contribution in [-0.4, -0.2) is 23.8 Å². The minimum absolute atomic E-state index is 0.0249. The lowest BCUT2D eigenvalue weighted by molar-refractivity contribution is 0.400. The lowest BCUT2D eigenvalue weighted by atomic mass is 10.5. The fraction of sp³-hybridized carbons (Fsp3) is 0.143. The van der Waals surface area contributed by atoms with E-state index in [9.17, 15) is 8.42 Å². The molecule has 0 aliphatic heterocycles. The highest BCUT2D eigenvalue weighted by atomic mass is 32.2. The van der Waals surface area contributed by atoms with Gasteiger partial charge in [-0.05, 0) is 13.0 Å². The van der Waals surface area contributed by atoms with E-state index in [1.165, 1.54) is 18.3 Å². The van der Waals surface area contributed by atoms with Crippen LogP contribution in [0.25, 0.3) is 0 Å². The van der Waals surface area contributed by atoms with Crippen LogP contribution in [0.1, 0.15) is 5.76 Å². The first-order chi connectivity index (χ1) is 7.08. The van der Waals surface area contributed by atoms with Crippen LogP contribution in [0.2, 0.25) is 0 Å². The smallest absolute Gasteiger partial charge is 0.280 e. The number of aromatic amines is 1. The maximum absolute atomic E-state index is 11.6. The van der Waals surface area contributed by atoms with Gasteiger partial charge in [-0.25, -0.2) is 0 Å². The second-order valence-corrected chi connectivity index (χ2v) is 4.50. The molecule has 0 amide bonds. The molecule has 2 heterocycles. The first-order valence-electron chi connectivity index (χ1n) is 4.03. The minimum Gasteiger partial charge on any atom is -0.360 e. The Bertz CT molecular complexity index is 543. The highest BCUT2D eigenvalue weighted by Crippen LogP contribution is 2.13. The monoisotopic (exact) mass is 228 g/mol. The van der Waals surface area contributed by atoms with Crippen molar-refractivity contribution in [3.8, 4) is 0 Å². The molecule has 2 N–H and O–H groups in total. The number of H-pyrrole nitrogens is 1. The van der Waals surface area contributed by atoms with Crippen molar-refractivity contribution in [2.45, 2.75) is 11.9 Å². The fourth-order valence-electron chi connectivity index (χ4n) is 1.000. The largest absolute Gasteiger partial charge is 0.360 e. The van der Waals surface area contributed by atoms with Gasteiger partial charge in [0.25, 0.3) is 10.0 Å². The molecule has 0 atom stereocenters. The highest BCUT2D eigenvalue weighted by Gasteiger charge is 2.17. The number of sulfonamides is 1. The predicted molar refractivity (Wildman–Crippen MR) is 50.6 cm³/mol. The van der Waals surface area contributed by atoms with Crippen molar-refractivity contribution < 1.29 is 12.9 Å². The molecule has 0 unspecified atom stereocenters. The Hall–Kier alpha value is -1.83. The van der Waals surface area contributed by atoms with Crippen LogP contribution in [0.15, 0.2) is 27.9 Å². The molecule has 2 aromatic rings. The van der Waals surface area contributed by atoms with Crippen molar-refractivity contribution in [1.82, 2.24) is 15.4 Å². The van der Waals surface area contributed by atoms with E-state index in [0.717, 1.165) is 0 Å². The quantitative estimate of drug-likeness (QED) is 0.796. The van der Waals surface area contributed by atoms with Crippen molar-refractivity contribution in [2.24, 2.45) is 0 Å². The average Bonchev–Trinajstić information content (AvgIpc) is 2.75. The van der Waals surface area contributed by atoms with Crippen molar-refractivity contribution >= 4 is 15.8 Å². The summed E-state index contributed by atoms with van der Waals surface area (Å²) >= 11 is 0. The lowest BCUT2D eigenvalue weighted by Crippen LogP contribution is -2.13. The molecule has 0 aromatic carbocycles. The van der Waals surface area contributed by atoms with E-state index in [1.807, 2.05) is 0 Å². The first-order valence-corrected chi connectivity index (χ1v) is 5.52. The van der Waals surface area contributed by atoms with Crippen LogP contribution < -0.4 is 4.72 Å². The van der Waals surface area contributed by atoms with Gasteiger partial charge in [-0.3, -0.25) is 9.82 Å². The van der Waals surface area contributed by atoms with Crippen LogP contribution in [0.4, 0.5) is 5.82 Å². The number of hydrogen-bond donors (Lipinski definition) is 2. The zero-order chi connectivity index (χ0) is 10.9. The Labute approximate surface area is 85.5 Å². The van der Waals surface area contributed by atoms with Gasteiger partial charge in [0.2, 0.25) is 0 Å². The zero-order valence-corrected chi connectivity index (χ0v) is 8.58. The number of anilines is 1. The SMILES string of the molecule is Cc1cc(NS(=O)(=O)c2ccn[nH]2)no1. The Balaban J connectivity index is 2.26. The number of hydrogen-bond acceptors (Lipinski definition) is 5. The van der Waals surface area contributed by atoms with Crippen LogP contribution in [0.3, 0.4) is 0 Å². The zero-order valence-electron chi connectivity index (χ0n) is 7.76. The molecular formula is C7H8N4O3S. The van der Waals surface area contributed by atoms with E-state index < -0.39 is 10.0 Å². The van der Waals surface area contributed by atoms with Gasteiger partial charge in [0.15, 0.2) is 10.8 Å². The van der Waals surface area contributed by atoms with Crippen LogP contribution in [0, 0.1) is 6.92 Å².